The zero-order valence-electron chi connectivity index (χ0n) is 13.3. The molecule has 4 nitrogen and oxygen atoms in total. The molecule has 1 aliphatic heterocycles. The number of nitrogens with zero attached hydrogens (tertiary/aromatic N) is 1. The molecule has 0 aliphatic carbocycles. The van der Waals surface area contributed by atoms with Crippen LogP contribution in [0.15, 0.2) is 73.3 Å². The first kappa shape index (κ1) is 16.0. The number of hydrogen-bond donors (Lipinski definition) is 0. The van der Waals surface area contributed by atoms with Gasteiger partial charge in [-0.05, 0) is 11.1 Å². The number of amides is 2. The van der Waals surface area contributed by atoms with Crippen LogP contribution in [0.3, 0.4) is 0 Å². The Balaban J connectivity index is 1.79. The predicted molar refractivity (Wildman–Crippen MR) is 91.4 cm³/mol. The van der Waals surface area contributed by atoms with Gasteiger partial charge in [0.1, 0.15) is 12.6 Å². The molecule has 2 amide bonds. The van der Waals surface area contributed by atoms with Gasteiger partial charge in [-0.1, -0.05) is 66.7 Å². The van der Waals surface area contributed by atoms with E-state index in [4.69, 9.17) is 4.74 Å². The first-order valence-electron chi connectivity index (χ1n) is 7.92. The number of allylic oxidation sites excluding steroid dienone is 1. The maximum absolute atomic E-state index is 12.8. The van der Waals surface area contributed by atoms with Crippen LogP contribution in [0.2, 0.25) is 0 Å². The van der Waals surface area contributed by atoms with Crippen molar-refractivity contribution in [1.82, 2.24) is 4.90 Å². The fourth-order valence-electron chi connectivity index (χ4n) is 2.94. The fourth-order valence-corrected chi connectivity index (χ4v) is 2.94. The quantitative estimate of drug-likeness (QED) is 0.780. The van der Waals surface area contributed by atoms with Crippen molar-refractivity contribution in [2.45, 2.75) is 18.4 Å². The van der Waals surface area contributed by atoms with Crippen molar-refractivity contribution in [3.63, 3.8) is 0 Å². The molecule has 1 heterocycles. The molecule has 122 valence electrons. The van der Waals surface area contributed by atoms with Crippen molar-refractivity contribution in [1.29, 1.82) is 0 Å². The highest BCUT2D eigenvalue weighted by Gasteiger charge is 2.39. The molecule has 2 aromatic rings. The molecule has 2 aromatic carbocycles. The van der Waals surface area contributed by atoms with Crippen LogP contribution in [0.5, 0.6) is 0 Å². The molecule has 0 aromatic heterocycles. The van der Waals surface area contributed by atoms with Gasteiger partial charge in [0, 0.05) is 12.3 Å². The average molecular weight is 321 g/mol. The van der Waals surface area contributed by atoms with Gasteiger partial charge in [-0.3, -0.25) is 4.79 Å². The zero-order valence-corrected chi connectivity index (χ0v) is 13.3. The molecule has 0 saturated carbocycles. The molecule has 3 rings (SSSR count). The van der Waals surface area contributed by atoms with E-state index in [2.05, 4.69) is 6.58 Å². The van der Waals surface area contributed by atoms with Gasteiger partial charge in [-0.15, -0.1) is 6.58 Å². The Bertz CT molecular complexity index is 727. The summed E-state index contributed by atoms with van der Waals surface area (Å²) in [6, 6.07) is 18.8. The first-order valence-corrected chi connectivity index (χ1v) is 7.92. The van der Waals surface area contributed by atoms with Gasteiger partial charge in [-0.25, -0.2) is 9.69 Å². The lowest BCUT2D eigenvalue weighted by atomic mass is 9.95. The molecular formula is C20H19NO3. The van der Waals surface area contributed by atoms with Gasteiger partial charge in [0.2, 0.25) is 5.91 Å². The van der Waals surface area contributed by atoms with Crippen LogP contribution < -0.4 is 0 Å². The number of cyclic esters (lactones) is 1. The lowest BCUT2D eigenvalue weighted by Gasteiger charge is -2.22. The molecule has 1 aliphatic rings. The molecule has 1 saturated heterocycles. The third kappa shape index (κ3) is 3.23. The van der Waals surface area contributed by atoms with E-state index >= 15 is 0 Å². The standard InChI is InChI=1S/C20H19NO3/c1-2-15(16-9-5-3-6-10-16)13-19(22)21-18(14-24-20(21)23)17-11-7-4-8-12-17/h2-12,15,18H,1,13-14H2. The second-order valence-electron chi connectivity index (χ2n) is 5.72. The Hall–Kier alpha value is -2.88. The third-order valence-electron chi connectivity index (χ3n) is 4.23. The summed E-state index contributed by atoms with van der Waals surface area (Å²) >= 11 is 0. The van der Waals surface area contributed by atoms with Crippen molar-refractivity contribution < 1.29 is 14.3 Å². The van der Waals surface area contributed by atoms with Gasteiger partial charge in [0.05, 0.1) is 0 Å². The Morgan fingerprint density at radius 3 is 2.42 bits per heavy atom. The molecule has 2 unspecified atom stereocenters. The van der Waals surface area contributed by atoms with Crippen molar-refractivity contribution in [2.24, 2.45) is 0 Å². The highest BCUT2D eigenvalue weighted by atomic mass is 16.6. The molecule has 24 heavy (non-hydrogen) atoms. The summed E-state index contributed by atoms with van der Waals surface area (Å²) in [7, 11) is 0. The number of hydrogen-bond acceptors (Lipinski definition) is 3. The number of carbonyl (C=O) groups is 2. The van der Waals surface area contributed by atoms with Gasteiger partial charge >= 0.3 is 6.09 Å². The van der Waals surface area contributed by atoms with Crippen LogP contribution in [-0.4, -0.2) is 23.5 Å². The highest BCUT2D eigenvalue weighted by Crippen LogP contribution is 2.30. The van der Waals surface area contributed by atoms with Crippen LogP contribution in [-0.2, 0) is 9.53 Å². The molecule has 0 spiro atoms. The van der Waals surface area contributed by atoms with E-state index in [1.54, 1.807) is 6.08 Å². The molecular weight excluding hydrogens is 302 g/mol. The maximum Gasteiger partial charge on any atom is 0.417 e. The summed E-state index contributed by atoms with van der Waals surface area (Å²) in [6.45, 7) is 4.02. The van der Waals surface area contributed by atoms with Crippen LogP contribution >= 0.6 is 0 Å². The van der Waals surface area contributed by atoms with Crippen molar-refractivity contribution >= 4 is 12.0 Å². The Kier molecular flexibility index (Phi) is 4.75. The van der Waals surface area contributed by atoms with E-state index < -0.39 is 6.09 Å². The number of ether oxygens (including phenoxy) is 1. The number of carbonyl (C=O) groups excluding carboxylic acids is 2. The summed E-state index contributed by atoms with van der Waals surface area (Å²) in [5.41, 5.74) is 1.90. The molecule has 2 atom stereocenters. The molecule has 1 fully saturated rings. The summed E-state index contributed by atoms with van der Waals surface area (Å²) in [5.74, 6) is -0.386. The Morgan fingerprint density at radius 1 is 1.17 bits per heavy atom. The van der Waals surface area contributed by atoms with E-state index in [9.17, 15) is 9.59 Å². The minimum atomic E-state index is -0.579. The maximum atomic E-state index is 12.8. The Morgan fingerprint density at radius 2 is 1.79 bits per heavy atom. The normalized spacial score (nSPS) is 18.1. The second kappa shape index (κ2) is 7.13. The van der Waals surface area contributed by atoms with Gasteiger partial charge in [0.25, 0.3) is 0 Å². The van der Waals surface area contributed by atoms with Crippen LogP contribution in [0.4, 0.5) is 4.79 Å². The van der Waals surface area contributed by atoms with E-state index in [-0.39, 0.29) is 30.9 Å². The van der Waals surface area contributed by atoms with E-state index in [0.717, 1.165) is 11.1 Å². The topological polar surface area (TPSA) is 46.6 Å². The number of imide groups is 1. The Labute approximate surface area is 141 Å². The second-order valence-corrected chi connectivity index (χ2v) is 5.72. The zero-order chi connectivity index (χ0) is 16.9. The smallest absolute Gasteiger partial charge is 0.417 e. The van der Waals surface area contributed by atoms with Crippen LogP contribution in [0.25, 0.3) is 0 Å². The average Bonchev–Trinajstić information content (AvgIpc) is 3.02. The minimum absolute atomic E-state index is 0.136. The number of benzene rings is 2. The highest BCUT2D eigenvalue weighted by molar-refractivity contribution is 5.94. The molecule has 0 N–H and O–H groups in total. The van der Waals surface area contributed by atoms with E-state index in [0.29, 0.717) is 0 Å². The summed E-state index contributed by atoms with van der Waals surface area (Å²) < 4.78 is 5.11. The van der Waals surface area contributed by atoms with Crippen molar-refractivity contribution in [3.8, 4) is 0 Å². The predicted octanol–water partition coefficient (Wildman–Crippen LogP) is 4.07. The third-order valence-corrected chi connectivity index (χ3v) is 4.23. The largest absolute Gasteiger partial charge is 0.446 e. The van der Waals surface area contributed by atoms with Gasteiger partial charge in [0.15, 0.2) is 0 Å². The lowest BCUT2D eigenvalue weighted by Crippen LogP contribution is -2.34. The molecule has 0 radical (unpaired) electrons. The summed E-state index contributed by atoms with van der Waals surface area (Å²) in [4.78, 5) is 26.1. The SMILES string of the molecule is C=CC(CC(=O)N1C(=O)OCC1c1ccccc1)c1ccccc1. The van der Waals surface area contributed by atoms with Crippen molar-refractivity contribution in [3.05, 3.63) is 84.4 Å². The van der Waals surface area contributed by atoms with Crippen LogP contribution in [0, 0.1) is 0 Å². The molecule has 4 heteroatoms. The van der Waals surface area contributed by atoms with Crippen molar-refractivity contribution in [2.75, 3.05) is 6.61 Å². The van der Waals surface area contributed by atoms with E-state index in [1.165, 1.54) is 4.90 Å². The monoisotopic (exact) mass is 321 g/mol. The minimum Gasteiger partial charge on any atom is -0.446 e. The first-order chi connectivity index (χ1) is 11.7. The van der Waals surface area contributed by atoms with Crippen LogP contribution in [0.1, 0.15) is 29.5 Å². The summed E-state index contributed by atoms with van der Waals surface area (Å²) in [5, 5.41) is 0. The molecule has 0 bridgehead atoms. The van der Waals surface area contributed by atoms with E-state index in [1.807, 2.05) is 60.7 Å². The lowest BCUT2D eigenvalue weighted by molar-refractivity contribution is -0.129. The van der Waals surface area contributed by atoms with Gasteiger partial charge in [-0.2, -0.15) is 0 Å². The van der Waals surface area contributed by atoms with Gasteiger partial charge < -0.3 is 4.74 Å². The number of rotatable bonds is 5. The fraction of sp³-hybridized carbons (Fsp3) is 0.200. The summed E-state index contributed by atoms with van der Waals surface area (Å²) in [6.07, 6.45) is 1.35.